The predicted molar refractivity (Wildman–Crippen MR) is 113 cm³/mol. The minimum atomic E-state index is -0.522. The van der Waals surface area contributed by atoms with E-state index in [2.05, 4.69) is 15.2 Å². The molecule has 166 valence electrons. The van der Waals surface area contributed by atoms with Crippen LogP contribution in [0.5, 0.6) is 0 Å². The van der Waals surface area contributed by atoms with Gasteiger partial charge in [-0.2, -0.15) is 0 Å². The smallest absolute Gasteiger partial charge is 0.341 e. The first-order valence-electron chi connectivity index (χ1n) is 10.9. The van der Waals surface area contributed by atoms with E-state index in [1.807, 2.05) is 0 Å². The third-order valence-corrected chi connectivity index (χ3v) is 6.07. The maximum absolute atomic E-state index is 12.6. The second kappa shape index (κ2) is 10.2. The summed E-state index contributed by atoms with van der Waals surface area (Å²) < 4.78 is 10.0. The number of aliphatic hydroxyl groups is 1. The van der Waals surface area contributed by atoms with Crippen molar-refractivity contribution in [2.75, 3.05) is 31.7 Å². The van der Waals surface area contributed by atoms with Crippen molar-refractivity contribution in [2.24, 2.45) is 0 Å². The Morgan fingerprint density at radius 2 is 1.87 bits per heavy atom. The molecular weight excluding hydrogens is 386 g/mol. The first kappa shape index (κ1) is 22.5. The fourth-order valence-electron chi connectivity index (χ4n) is 4.38. The molecule has 1 aliphatic carbocycles. The lowest BCUT2D eigenvalue weighted by atomic mass is 9.91. The standard InChI is InChI=1S/C22H33N3O5/c1-4-30-22(28)17-13-16(21(27)29-3)14(2)23-20(17)25-11-9-15(10-12-25)24-18-7-5-6-8-19(18)26/h13,15,18-19,24,26H,4-12H2,1-3H3/t18-,19-/m0/s1. The SMILES string of the molecule is CCOC(=O)c1cc(C(=O)OC)c(C)nc1N1CCC(N[C@H]2CCCC[C@@H]2O)CC1. The van der Waals surface area contributed by atoms with Crippen LogP contribution in [0.2, 0.25) is 0 Å². The number of nitrogens with zero attached hydrogens (tertiary/aromatic N) is 2. The highest BCUT2D eigenvalue weighted by Crippen LogP contribution is 2.27. The van der Waals surface area contributed by atoms with Crippen molar-refractivity contribution in [3.63, 3.8) is 0 Å². The lowest BCUT2D eigenvalue weighted by Crippen LogP contribution is -2.51. The highest BCUT2D eigenvalue weighted by Gasteiger charge is 2.30. The van der Waals surface area contributed by atoms with Gasteiger partial charge < -0.3 is 24.8 Å². The van der Waals surface area contributed by atoms with Gasteiger partial charge in [0.2, 0.25) is 0 Å². The number of aromatic nitrogens is 1. The van der Waals surface area contributed by atoms with Crippen LogP contribution in [0.4, 0.5) is 5.82 Å². The topological polar surface area (TPSA) is 101 Å². The first-order chi connectivity index (χ1) is 14.4. The van der Waals surface area contributed by atoms with Crippen molar-refractivity contribution in [3.8, 4) is 0 Å². The van der Waals surface area contributed by atoms with Crippen molar-refractivity contribution in [2.45, 2.75) is 70.6 Å². The minimum absolute atomic E-state index is 0.171. The Morgan fingerprint density at radius 1 is 1.17 bits per heavy atom. The number of hydrogen-bond acceptors (Lipinski definition) is 8. The Labute approximate surface area is 177 Å². The average Bonchev–Trinajstić information content (AvgIpc) is 2.75. The minimum Gasteiger partial charge on any atom is -0.465 e. The number of anilines is 1. The molecule has 8 nitrogen and oxygen atoms in total. The van der Waals surface area contributed by atoms with Crippen molar-refractivity contribution in [1.82, 2.24) is 10.3 Å². The summed E-state index contributed by atoms with van der Waals surface area (Å²) in [5.74, 6) is -0.462. The summed E-state index contributed by atoms with van der Waals surface area (Å²) in [4.78, 5) is 31.3. The van der Waals surface area contributed by atoms with Crippen molar-refractivity contribution < 1.29 is 24.2 Å². The van der Waals surface area contributed by atoms with Crippen molar-refractivity contribution in [1.29, 1.82) is 0 Å². The number of rotatable bonds is 6. The summed E-state index contributed by atoms with van der Waals surface area (Å²) in [6.45, 7) is 5.20. The molecule has 1 saturated carbocycles. The quantitative estimate of drug-likeness (QED) is 0.677. The van der Waals surface area contributed by atoms with Gasteiger partial charge in [-0.05, 0) is 45.6 Å². The molecule has 0 aromatic carbocycles. The molecule has 1 aromatic rings. The van der Waals surface area contributed by atoms with E-state index in [1.54, 1.807) is 13.8 Å². The molecule has 8 heteroatoms. The Morgan fingerprint density at radius 3 is 2.50 bits per heavy atom. The molecule has 2 aliphatic rings. The van der Waals surface area contributed by atoms with E-state index in [4.69, 9.17) is 9.47 Å². The first-order valence-corrected chi connectivity index (χ1v) is 10.9. The van der Waals surface area contributed by atoms with Gasteiger partial charge in [0, 0.05) is 25.2 Å². The lowest BCUT2D eigenvalue weighted by Gasteiger charge is -2.38. The Hall–Kier alpha value is -2.19. The molecule has 0 spiro atoms. The normalized spacial score (nSPS) is 22.6. The highest BCUT2D eigenvalue weighted by atomic mass is 16.5. The second-order valence-electron chi connectivity index (χ2n) is 8.09. The fourth-order valence-corrected chi connectivity index (χ4v) is 4.38. The maximum atomic E-state index is 12.6. The van der Waals surface area contributed by atoms with Crippen LogP contribution in [0.25, 0.3) is 0 Å². The van der Waals surface area contributed by atoms with Crippen molar-refractivity contribution >= 4 is 17.8 Å². The fraction of sp³-hybridized carbons (Fsp3) is 0.682. The highest BCUT2D eigenvalue weighted by molar-refractivity contribution is 5.99. The number of esters is 2. The monoisotopic (exact) mass is 419 g/mol. The Balaban J connectivity index is 1.74. The molecule has 2 N–H and O–H groups in total. The third-order valence-electron chi connectivity index (χ3n) is 6.07. The number of aryl methyl sites for hydroxylation is 1. The second-order valence-corrected chi connectivity index (χ2v) is 8.09. The van der Waals surface area contributed by atoms with Crippen LogP contribution in [-0.4, -0.2) is 67.0 Å². The van der Waals surface area contributed by atoms with E-state index in [1.165, 1.54) is 13.2 Å². The van der Waals surface area contributed by atoms with Crippen molar-refractivity contribution in [3.05, 3.63) is 22.9 Å². The molecule has 1 aromatic heterocycles. The number of ether oxygens (including phenoxy) is 2. The van der Waals surface area contributed by atoms with E-state index in [-0.39, 0.29) is 29.9 Å². The summed E-state index contributed by atoms with van der Waals surface area (Å²) in [6.07, 6.45) is 5.67. The number of aliphatic hydroxyl groups excluding tert-OH is 1. The molecule has 2 atom stereocenters. The van der Waals surface area contributed by atoms with Crippen LogP contribution < -0.4 is 10.2 Å². The number of piperidine rings is 1. The summed E-state index contributed by atoms with van der Waals surface area (Å²) >= 11 is 0. The molecular formula is C22H33N3O5. The van der Waals surface area contributed by atoms with Gasteiger partial charge in [0.15, 0.2) is 0 Å². The van der Waals surface area contributed by atoms with Crippen LogP contribution in [0, 0.1) is 6.92 Å². The third kappa shape index (κ3) is 5.10. The summed E-state index contributed by atoms with van der Waals surface area (Å²) in [5.41, 5.74) is 1.08. The van der Waals surface area contributed by atoms with E-state index in [0.717, 1.165) is 51.6 Å². The van der Waals surface area contributed by atoms with Gasteiger partial charge in [0.05, 0.1) is 31.1 Å². The molecule has 1 aliphatic heterocycles. The predicted octanol–water partition coefficient (Wildman–Crippen LogP) is 2.22. The van der Waals surface area contributed by atoms with Crippen LogP contribution >= 0.6 is 0 Å². The lowest BCUT2D eigenvalue weighted by molar-refractivity contribution is 0.0526. The Kier molecular flexibility index (Phi) is 7.66. The van der Waals surface area contributed by atoms with Gasteiger partial charge in [-0.3, -0.25) is 0 Å². The zero-order chi connectivity index (χ0) is 21.7. The van der Waals surface area contributed by atoms with E-state index in [0.29, 0.717) is 17.6 Å². The molecule has 2 fully saturated rings. The van der Waals surface area contributed by atoms with E-state index in [9.17, 15) is 14.7 Å². The molecule has 0 radical (unpaired) electrons. The van der Waals surface area contributed by atoms with Gasteiger partial charge in [0.25, 0.3) is 0 Å². The molecule has 1 saturated heterocycles. The van der Waals surface area contributed by atoms with E-state index >= 15 is 0 Å². The van der Waals surface area contributed by atoms with Gasteiger partial charge in [0.1, 0.15) is 11.4 Å². The number of methoxy groups -OCH3 is 1. The van der Waals surface area contributed by atoms with Gasteiger partial charge in [-0.25, -0.2) is 14.6 Å². The molecule has 0 unspecified atom stereocenters. The molecule has 30 heavy (non-hydrogen) atoms. The number of pyridine rings is 1. The van der Waals surface area contributed by atoms with Crippen LogP contribution in [0.1, 0.15) is 71.9 Å². The van der Waals surface area contributed by atoms with Gasteiger partial charge in [-0.1, -0.05) is 12.8 Å². The average molecular weight is 420 g/mol. The number of carbonyl (C=O) groups excluding carboxylic acids is 2. The number of hydrogen-bond donors (Lipinski definition) is 2. The Bertz CT molecular complexity index is 761. The van der Waals surface area contributed by atoms with E-state index < -0.39 is 11.9 Å². The summed E-state index contributed by atoms with van der Waals surface area (Å²) in [5, 5.41) is 13.9. The molecule has 3 rings (SSSR count). The zero-order valence-electron chi connectivity index (χ0n) is 18.1. The van der Waals surface area contributed by atoms with Crippen LogP contribution in [-0.2, 0) is 9.47 Å². The van der Waals surface area contributed by atoms with Crippen LogP contribution in [0.15, 0.2) is 6.07 Å². The number of carbonyl (C=O) groups is 2. The zero-order valence-corrected chi connectivity index (χ0v) is 18.1. The molecule has 0 amide bonds. The summed E-state index contributed by atoms with van der Waals surface area (Å²) in [7, 11) is 1.31. The largest absolute Gasteiger partial charge is 0.465 e. The molecule has 0 bridgehead atoms. The van der Waals surface area contributed by atoms with Gasteiger partial charge >= 0.3 is 11.9 Å². The van der Waals surface area contributed by atoms with Gasteiger partial charge in [-0.15, -0.1) is 0 Å². The molecule has 2 heterocycles. The summed E-state index contributed by atoms with van der Waals surface area (Å²) in [6, 6.07) is 2.04. The van der Waals surface area contributed by atoms with Crippen LogP contribution in [0.3, 0.4) is 0 Å². The maximum Gasteiger partial charge on any atom is 0.341 e. The number of nitrogens with one attached hydrogen (secondary N) is 1.